The summed E-state index contributed by atoms with van der Waals surface area (Å²) in [6, 6.07) is 13.7. The van der Waals surface area contributed by atoms with Gasteiger partial charge < -0.3 is 10.1 Å². The quantitative estimate of drug-likeness (QED) is 0.533. The first-order valence-electron chi connectivity index (χ1n) is 10.8. The molecule has 0 aliphatic heterocycles. The Morgan fingerprint density at radius 2 is 1.94 bits per heavy atom. The van der Waals surface area contributed by atoms with E-state index < -0.39 is 0 Å². The van der Waals surface area contributed by atoms with Gasteiger partial charge in [-0.3, -0.25) is 5.32 Å². The Balaban J connectivity index is 1.29. The van der Waals surface area contributed by atoms with E-state index in [-0.39, 0.29) is 6.03 Å². The Labute approximate surface area is 182 Å². The zero-order valence-electron chi connectivity index (χ0n) is 18.0. The van der Waals surface area contributed by atoms with Crippen molar-refractivity contribution in [1.82, 2.24) is 20.1 Å². The van der Waals surface area contributed by atoms with E-state index in [0.29, 0.717) is 43.2 Å². The molecule has 1 fully saturated rings. The normalized spacial score (nSPS) is 13.3. The molecule has 0 unspecified atom stereocenters. The lowest BCUT2D eigenvalue weighted by Gasteiger charge is -2.12. The number of urea groups is 1. The summed E-state index contributed by atoms with van der Waals surface area (Å²) < 4.78 is 7.48. The minimum Gasteiger partial charge on any atom is -0.477 e. The third-order valence-corrected chi connectivity index (χ3v) is 5.35. The van der Waals surface area contributed by atoms with Crippen LogP contribution < -0.4 is 15.4 Å². The van der Waals surface area contributed by atoms with Gasteiger partial charge in [0, 0.05) is 24.9 Å². The zero-order valence-corrected chi connectivity index (χ0v) is 18.0. The Morgan fingerprint density at radius 3 is 2.68 bits per heavy atom. The van der Waals surface area contributed by atoms with Gasteiger partial charge in [-0.2, -0.15) is 5.10 Å². The number of ether oxygens (including phenoxy) is 1. The SMILES string of the molecule is CC(C)c1ccc(Cn2nccc2NC(=O)NCc2ccnc(OCC3CC3)c2)cc1. The van der Waals surface area contributed by atoms with Crippen LogP contribution in [0.4, 0.5) is 10.6 Å². The highest BCUT2D eigenvalue weighted by Gasteiger charge is 2.22. The van der Waals surface area contributed by atoms with Gasteiger partial charge in [-0.1, -0.05) is 38.1 Å². The first kappa shape index (κ1) is 20.9. The van der Waals surface area contributed by atoms with Crippen LogP contribution >= 0.6 is 0 Å². The van der Waals surface area contributed by atoms with Crippen molar-refractivity contribution in [3.63, 3.8) is 0 Å². The number of nitrogens with zero attached hydrogens (tertiary/aromatic N) is 3. The predicted molar refractivity (Wildman–Crippen MR) is 120 cm³/mol. The molecule has 2 amide bonds. The second-order valence-corrected chi connectivity index (χ2v) is 8.33. The van der Waals surface area contributed by atoms with Crippen molar-refractivity contribution in [3.8, 4) is 5.88 Å². The van der Waals surface area contributed by atoms with Gasteiger partial charge in [0.05, 0.1) is 19.3 Å². The number of carbonyl (C=O) groups is 1. The average Bonchev–Trinajstić information content (AvgIpc) is 3.51. The standard InChI is InChI=1S/C24H29N5O2/c1-17(2)21-7-5-18(6-8-21)15-29-22(10-12-27-29)28-24(30)26-14-20-9-11-25-23(13-20)31-16-19-3-4-19/h5-13,17,19H,3-4,14-16H2,1-2H3,(H2,26,28,30). The van der Waals surface area contributed by atoms with E-state index in [4.69, 9.17) is 4.74 Å². The molecule has 2 aromatic heterocycles. The van der Waals surface area contributed by atoms with Gasteiger partial charge in [0.25, 0.3) is 0 Å². The summed E-state index contributed by atoms with van der Waals surface area (Å²) in [5, 5.41) is 10.1. The molecule has 3 aromatic rings. The second-order valence-electron chi connectivity index (χ2n) is 8.33. The third-order valence-electron chi connectivity index (χ3n) is 5.35. The number of hydrogen-bond acceptors (Lipinski definition) is 4. The molecule has 7 nitrogen and oxygen atoms in total. The van der Waals surface area contributed by atoms with Crippen molar-refractivity contribution in [2.45, 2.75) is 45.7 Å². The summed E-state index contributed by atoms with van der Waals surface area (Å²) in [5.74, 6) is 2.43. The third kappa shape index (κ3) is 6.07. The van der Waals surface area contributed by atoms with Crippen LogP contribution in [0.25, 0.3) is 0 Å². The molecule has 1 aliphatic carbocycles. The lowest BCUT2D eigenvalue weighted by atomic mass is 10.0. The number of carbonyl (C=O) groups excluding carboxylic acids is 1. The second kappa shape index (κ2) is 9.64. The Morgan fingerprint density at radius 1 is 1.13 bits per heavy atom. The van der Waals surface area contributed by atoms with Gasteiger partial charge in [-0.25, -0.2) is 14.5 Å². The first-order chi connectivity index (χ1) is 15.1. The van der Waals surface area contributed by atoms with Gasteiger partial charge in [-0.05, 0) is 47.4 Å². The van der Waals surface area contributed by atoms with Crippen LogP contribution in [-0.4, -0.2) is 27.4 Å². The van der Waals surface area contributed by atoms with Crippen molar-refractivity contribution in [3.05, 3.63) is 71.5 Å². The van der Waals surface area contributed by atoms with Gasteiger partial charge in [0.2, 0.25) is 5.88 Å². The summed E-state index contributed by atoms with van der Waals surface area (Å²) in [7, 11) is 0. The number of anilines is 1. The minimum atomic E-state index is -0.283. The number of aromatic nitrogens is 3. The minimum absolute atomic E-state index is 0.283. The number of benzene rings is 1. The number of pyridine rings is 1. The van der Waals surface area contributed by atoms with Crippen LogP contribution in [0.2, 0.25) is 0 Å². The molecule has 4 rings (SSSR count). The van der Waals surface area contributed by atoms with Crippen molar-refractivity contribution in [2.24, 2.45) is 5.92 Å². The fourth-order valence-electron chi connectivity index (χ4n) is 3.22. The van der Waals surface area contributed by atoms with Gasteiger partial charge in [0.15, 0.2) is 0 Å². The molecular weight excluding hydrogens is 390 g/mol. The van der Waals surface area contributed by atoms with Crippen LogP contribution in [-0.2, 0) is 13.1 Å². The summed E-state index contributed by atoms with van der Waals surface area (Å²) in [4.78, 5) is 16.6. The summed E-state index contributed by atoms with van der Waals surface area (Å²) in [5.41, 5.74) is 3.38. The zero-order chi connectivity index (χ0) is 21.6. The van der Waals surface area contributed by atoms with Crippen LogP contribution in [0.3, 0.4) is 0 Å². The molecule has 0 spiro atoms. The Bertz CT molecular complexity index is 1010. The average molecular weight is 420 g/mol. The van der Waals surface area contributed by atoms with Gasteiger partial charge in [-0.15, -0.1) is 0 Å². The van der Waals surface area contributed by atoms with E-state index in [9.17, 15) is 4.79 Å². The van der Waals surface area contributed by atoms with Crippen molar-refractivity contribution >= 4 is 11.8 Å². The van der Waals surface area contributed by atoms with E-state index in [2.05, 4.69) is 58.8 Å². The van der Waals surface area contributed by atoms with E-state index in [0.717, 1.165) is 11.1 Å². The van der Waals surface area contributed by atoms with Crippen molar-refractivity contribution < 1.29 is 9.53 Å². The van der Waals surface area contributed by atoms with Gasteiger partial charge in [0.1, 0.15) is 5.82 Å². The fourth-order valence-corrected chi connectivity index (χ4v) is 3.22. The molecule has 2 N–H and O–H groups in total. The van der Waals surface area contributed by atoms with Crippen LogP contribution in [0, 0.1) is 5.92 Å². The molecule has 1 aromatic carbocycles. The molecule has 1 saturated carbocycles. The van der Waals surface area contributed by atoms with Crippen LogP contribution in [0.1, 0.15) is 49.3 Å². The van der Waals surface area contributed by atoms with E-state index in [1.165, 1.54) is 18.4 Å². The molecule has 0 bridgehead atoms. The van der Waals surface area contributed by atoms with Crippen LogP contribution in [0.5, 0.6) is 5.88 Å². The van der Waals surface area contributed by atoms with E-state index in [1.807, 2.05) is 12.1 Å². The highest BCUT2D eigenvalue weighted by molar-refractivity contribution is 5.88. The lowest BCUT2D eigenvalue weighted by molar-refractivity contribution is 0.251. The predicted octanol–water partition coefficient (Wildman–Crippen LogP) is 4.56. The Kier molecular flexibility index (Phi) is 6.50. The maximum atomic E-state index is 12.4. The fraction of sp³-hybridized carbons (Fsp3) is 0.375. The summed E-state index contributed by atoms with van der Waals surface area (Å²) in [6.07, 6.45) is 5.86. The maximum absolute atomic E-state index is 12.4. The first-order valence-corrected chi connectivity index (χ1v) is 10.8. The molecule has 31 heavy (non-hydrogen) atoms. The molecule has 0 saturated heterocycles. The highest BCUT2D eigenvalue weighted by atomic mass is 16.5. The molecule has 0 atom stereocenters. The topological polar surface area (TPSA) is 81.1 Å². The van der Waals surface area contributed by atoms with Crippen molar-refractivity contribution in [1.29, 1.82) is 0 Å². The summed E-state index contributed by atoms with van der Waals surface area (Å²) >= 11 is 0. The largest absolute Gasteiger partial charge is 0.477 e. The van der Waals surface area contributed by atoms with E-state index in [1.54, 1.807) is 23.1 Å². The summed E-state index contributed by atoms with van der Waals surface area (Å²) in [6.45, 7) is 6.05. The lowest BCUT2D eigenvalue weighted by Crippen LogP contribution is -2.29. The number of hydrogen-bond donors (Lipinski definition) is 2. The van der Waals surface area contributed by atoms with Crippen molar-refractivity contribution in [2.75, 3.05) is 11.9 Å². The highest BCUT2D eigenvalue weighted by Crippen LogP contribution is 2.29. The van der Waals surface area contributed by atoms with E-state index >= 15 is 0 Å². The van der Waals surface area contributed by atoms with Crippen LogP contribution in [0.15, 0.2) is 54.9 Å². The smallest absolute Gasteiger partial charge is 0.320 e. The molecule has 7 heteroatoms. The molecular formula is C24H29N5O2. The molecule has 0 radical (unpaired) electrons. The number of amides is 2. The molecule has 162 valence electrons. The van der Waals surface area contributed by atoms with Gasteiger partial charge >= 0.3 is 6.03 Å². The monoisotopic (exact) mass is 419 g/mol. The Hall–Kier alpha value is -3.35. The maximum Gasteiger partial charge on any atom is 0.320 e. The molecule has 2 heterocycles. The number of rotatable bonds is 9. The molecule has 1 aliphatic rings. The number of nitrogens with one attached hydrogen (secondary N) is 2.